The van der Waals surface area contributed by atoms with E-state index < -0.39 is 5.82 Å². The molecule has 3 heterocycles. The van der Waals surface area contributed by atoms with Gasteiger partial charge in [0.2, 0.25) is 0 Å². The van der Waals surface area contributed by atoms with Gasteiger partial charge in [0.15, 0.2) is 5.65 Å². The summed E-state index contributed by atoms with van der Waals surface area (Å²) in [4.78, 5) is 17.5. The van der Waals surface area contributed by atoms with Crippen molar-refractivity contribution in [3.63, 3.8) is 0 Å². The topological polar surface area (TPSA) is 86.0 Å². The van der Waals surface area contributed by atoms with E-state index in [1.807, 2.05) is 42.7 Å². The number of hydrogen-bond acceptors (Lipinski definition) is 6. The number of ether oxygens (including phenoxy) is 1. The number of aliphatic hydroxyl groups is 1. The Morgan fingerprint density at radius 2 is 1.83 bits per heavy atom. The first-order chi connectivity index (χ1) is 14.1. The summed E-state index contributed by atoms with van der Waals surface area (Å²) in [5.41, 5.74) is 4.27. The largest absolute Gasteiger partial charge is 0.464 e. The van der Waals surface area contributed by atoms with Crippen molar-refractivity contribution >= 4 is 11.2 Å². The van der Waals surface area contributed by atoms with Crippen molar-refractivity contribution in [2.24, 2.45) is 0 Å². The molecular weight excluding hydrogens is 373 g/mol. The van der Waals surface area contributed by atoms with Crippen LogP contribution in [-0.4, -0.2) is 36.2 Å². The van der Waals surface area contributed by atoms with E-state index in [9.17, 15) is 9.50 Å². The predicted octanol–water partition coefficient (Wildman–Crippen LogP) is 3.28. The third kappa shape index (κ3) is 3.79. The number of hydrogen-bond donors (Lipinski definition) is 1. The van der Waals surface area contributed by atoms with Crippen LogP contribution in [0, 0.1) is 12.7 Å². The van der Waals surface area contributed by atoms with Gasteiger partial charge >= 0.3 is 6.01 Å². The molecule has 0 fully saturated rings. The summed E-state index contributed by atoms with van der Waals surface area (Å²) < 4.78 is 21.2. The molecule has 0 bridgehead atoms. The van der Waals surface area contributed by atoms with Crippen LogP contribution >= 0.6 is 0 Å². The highest BCUT2D eigenvalue weighted by molar-refractivity contribution is 5.79. The number of halogens is 1. The number of aromatic nitrogens is 5. The molecule has 4 aromatic rings. The van der Waals surface area contributed by atoms with Gasteiger partial charge in [-0.05, 0) is 31.0 Å². The predicted molar refractivity (Wildman–Crippen MR) is 106 cm³/mol. The highest BCUT2D eigenvalue weighted by atomic mass is 19.1. The first kappa shape index (κ1) is 18.9. The van der Waals surface area contributed by atoms with Crippen molar-refractivity contribution in [1.29, 1.82) is 0 Å². The van der Waals surface area contributed by atoms with Crippen molar-refractivity contribution in [3.8, 4) is 17.4 Å². The number of pyridine rings is 1. The molecule has 0 aliphatic heterocycles. The second kappa shape index (κ2) is 7.92. The molecule has 3 aromatic heterocycles. The van der Waals surface area contributed by atoms with Crippen LogP contribution in [0.2, 0.25) is 0 Å². The Morgan fingerprint density at radius 3 is 2.52 bits per heavy atom. The standard InChI is InChI=1S/C21H20FN5O2/c1-3-29-21-24-13(2)18-20(26-21)27(11-14-4-6-15(12-28)7-5-14)19(25-18)16-8-17(22)10-23-9-16/h4-10,28H,3,11-12H2,1-2H3. The first-order valence-corrected chi connectivity index (χ1v) is 9.26. The Hall–Kier alpha value is -3.39. The van der Waals surface area contributed by atoms with Gasteiger partial charge in [0.25, 0.3) is 0 Å². The number of aryl methyl sites for hydroxylation is 1. The van der Waals surface area contributed by atoms with Crippen molar-refractivity contribution in [1.82, 2.24) is 24.5 Å². The van der Waals surface area contributed by atoms with Gasteiger partial charge in [0, 0.05) is 11.8 Å². The lowest BCUT2D eigenvalue weighted by molar-refractivity contribution is 0.282. The molecule has 0 saturated carbocycles. The lowest BCUT2D eigenvalue weighted by Crippen LogP contribution is -2.06. The van der Waals surface area contributed by atoms with E-state index in [4.69, 9.17) is 9.72 Å². The highest BCUT2D eigenvalue weighted by Crippen LogP contribution is 2.27. The van der Waals surface area contributed by atoms with E-state index in [0.717, 1.165) is 17.3 Å². The van der Waals surface area contributed by atoms with Crippen molar-refractivity contribution in [2.45, 2.75) is 27.0 Å². The number of benzene rings is 1. The highest BCUT2D eigenvalue weighted by Gasteiger charge is 2.19. The van der Waals surface area contributed by atoms with Gasteiger partial charge in [-0.15, -0.1) is 0 Å². The van der Waals surface area contributed by atoms with E-state index in [2.05, 4.69) is 15.0 Å². The minimum atomic E-state index is -0.439. The van der Waals surface area contributed by atoms with E-state index in [1.165, 1.54) is 6.07 Å². The summed E-state index contributed by atoms with van der Waals surface area (Å²) in [5.74, 6) is 0.107. The number of nitrogens with zero attached hydrogens (tertiary/aromatic N) is 5. The third-order valence-electron chi connectivity index (χ3n) is 4.53. The molecule has 0 saturated heterocycles. The van der Waals surface area contributed by atoms with Gasteiger partial charge in [0.05, 0.1) is 31.6 Å². The molecule has 0 amide bonds. The molecule has 0 spiro atoms. The second-order valence-corrected chi connectivity index (χ2v) is 6.58. The Bertz CT molecular complexity index is 1160. The van der Waals surface area contributed by atoms with Crippen LogP contribution in [-0.2, 0) is 13.2 Å². The van der Waals surface area contributed by atoms with E-state index in [0.29, 0.717) is 41.4 Å². The van der Waals surface area contributed by atoms with Crippen LogP contribution in [0.15, 0.2) is 42.7 Å². The molecule has 29 heavy (non-hydrogen) atoms. The minimum Gasteiger partial charge on any atom is -0.464 e. The number of aliphatic hydroxyl groups excluding tert-OH is 1. The molecule has 1 N–H and O–H groups in total. The molecular formula is C21H20FN5O2. The van der Waals surface area contributed by atoms with Crippen LogP contribution < -0.4 is 4.74 Å². The molecule has 7 nitrogen and oxygen atoms in total. The molecule has 0 unspecified atom stereocenters. The smallest absolute Gasteiger partial charge is 0.318 e. The zero-order valence-corrected chi connectivity index (χ0v) is 16.1. The van der Waals surface area contributed by atoms with Gasteiger partial charge in [-0.3, -0.25) is 4.98 Å². The van der Waals surface area contributed by atoms with Crippen LogP contribution in [0.5, 0.6) is 6.01 Å². The number of imidazole rings is 1. The zero-order chi connectivity index (χ0) is 20.4. The van der Waals surface area contributed by atoms with Gasteiger partial charge in [-0.25, -0.2) is 9.37 Å². The maximum Gasteiger partial charge on any atom is 0.318 e. The molecule has 0 aliphatic rings. The average molecular weight is 393 g/mol. The van der Waals surface area contributed by atoms with Gasteiger partial charge in [-0.1, -0.05) is 24.3 Å². The first-order valence-electron chi connectivity index (χ1n) is 9.26. The Labute approximate surface area is 166 Å². The maximum atomic E-state index is 13.8. The van der Waals surface area contributed by atoms with Crippen molar-refractivity contribution in [3.05, 3.63) is 65.4 Å². The lowest BCUT2D eigenvalue weighted by atomic mass is 10.1. The molecule has 148 valence electrons. The van der Waals surface area contributed by atoms with Crippen LogP contribution in [0.3, 0.4) is 0 Å². The SMILES string of the molecule is CCOc1nc(C)c2nc(-c3cncc(F)c3)n(Cc3ccc(CO)cc3)c2n1. The van der Waals surface area contributed by atoms with Gasteiger partial charge in [0.1, 0.15) is 17.2 Å². The zero-order valence-electron chi connectivity index (χ0n) is 16.1. The monoisotopic (exact) mass is 393 g/mol. The molecule has 8 heteroatoms. The molecule has 1 aromatic carbocycles. The fourth-order valence-corrected chi connectivity index (χ4v) is 3.14. The van der Waals surface area contributed by atoms with Crippen molar-refractivity contribution < 1.29 is 14.2 Å². The van der Waals surface area contributed by atoms with Crippen LogP contribution in [0.25, 0.3) is 22.6 Å². The third-order valence-corrected chi connectivity index (χ3v) is 4.53. The summed E-state index contributed by atoms with van der Waals surface area (Å²) in [6.45, 7) is 4.59. The molecule has 4 rings (SSSR count). The average Bonchev–Trinajstić information content (AvgIpc) is 3.08. The normalized spacial score (nSPS) is 11.2. The van der Waals surface area contributed by atoms with E-state index in [-0.39, 0.29) is 12.6 Å². The summed E-state index contributed by atoms with van der Waals surface area (Å²) in [7, 11) is 0. The van der Waals surface area contributed by atoms with E-state index >= 15 is 0 Å². The minimum absolute atomic E-state index is 0.0152. The fraction of sp³-hybridized carbons (Fsp3) is 0.238. The van der Waals surface area contributed by atoms with Crippen LogP contribution in [0.4, 0.5) is 4.39 Å². The molecule has 0 aliphatic carbocycles. The Morgan fingerprint density at radius 1 is 1.07 bits per heavy atom. The number of fused-ring (bicyclic) bond motifs is 1. The molecule has 0 radical (unpaired) electrons. The molecule has 0 atom stereocenters. The summed E-state index contributed by atoms with van der Waals surface area (Å²) in [6.07, 6.45) is 2.73. The summed E-state index contributed by atoms with van der Waals surface area (Å²) in [5, 5.41) is 9.27. The van der Waals surface area contributed by atoms with Crippen molar-refractivity contribution in [2.75, 3.05) is 6.61 Å². The summed E-state index contributed by atoms with van der Waals surface area (Å²) in [6, 6.07) is 9.27. The lowest BCUT2D eigenvalue weighted by Gasteiger charge is -2.10. The fourth-order valence-electron chi connectivity index (χ4n) is 3.14. The van der Waals surface area contributed by atoms with Gasteiger partial charge < -0.3 is 14.4 Å². The number of rotatable bonds is 6. The van der Waals surface area contributed by atoms with E-state index in [1.54, 1.807) is 6.20 Å². The second-order valence-electron chi connectivity index (χ2n) is 6.58. The quantitative estimate of drug-likeness (QED) is 0.541. The Balaban J connectivity index is 1.90. The van der Waals surface area contributed by atoms with Gasteiger partial charge in [-0.2, -0.15) is 9.97 Å². The Kier molecular flexibility index (Phi) is 5.18. The van der Waals surface area contributed by atoms with Crippen LogP contribution in [0.1, 0.15) is 23.7 Å². The summed E-state index contributed by atoms with van der Waals surface area (Å²) >= 11 is 0. The maximum absolute atomic E-state index is 13.8.